The molecule has 1 atom stereocenters. The summed E-state index contributed by atoms with van der Waals surface area (Å²) in [5.74, 6) is 0.974. The Labute approximate surface area is 263 Å². The van der Waals surface area contributed by atoms with Gasteiger partial charge in [0.25, 0.3) is 0 Å². The van der Waals surface area contributed by atoms with Crippen molar-refractivity contribution in [3.8, 4) is 0 Å². The Balaban J connectivity index is 3.66. The van der Waals surface area contributed by atoms with E-state index in [-0.39, 0.29) is 5.91 Å². The quantitative estimate of drug-likeness (QED) is 0.0434. The molecule has 0 aromatic rings. The highest BCUT2D eigenvalue weighted by molar-refractivity contribution is 5.78. The van der Waals surface area contributed by atoms with Crippen LogP contribution in [0.2, 0.25) is 0 Å². The lowest BCUT2D eigenvalue weighted by Crippen LogP contribution is -2.40. The van der Waals surface area contributed by atoms with Crippen LogP contribution in [0, 0.1) is 5.92 Å². The van der Waals surface area contributed by atoms with Gasteiger partial charge in [-0.2, -0.15) is 0 Å². The summed E-state index contributed by atoms with van der Waals surface area (Å²) in [5, 5.41) is 13.6. The first-order valence-electron chi connectivity index (χ1n) is 18.7. The summed E-state index contributed by atoms with van der Waals surface area (Å²) in [6, 6.07) is 0.357. The highest BCUT2D eigenvalue weighted by Crippen LogP contribution is 2.17. The molecule has 6 heteroatoms. The summed E-state index contributed by atoms with van der Waals surface area (Å²) >= 11 is 0. The van der Waals surface area contributed by atoms with Gasteiger partial charge in [0.2, 0.25) is 5.91 Å². The summed E-state index contributed by atoms with van der Waals surface area (Å²) in [7, 11) is 0. The molecule has 1 amide bonds. The molecule has 0 aromatic carbocycles. The fourth-order valence-corrected chi connectivity index (χ4v) is 5.68. The van der Waals surface area contributed by atoms with Gasteiger partial charge in [-0.3, -0.25) is 15.4 Å². The van der Waals surface area contributed by atoms with Crippen molar-refractivity contribution in [3.63, 3.8) is 0 Å². The van der Waals surface area contributed by atoms with E-state index in [1.165, 1.54) is 128 Å². The number of hydrogen-bond donors (Lipinski definition) is 4. The van der Waals surface area contributed by atoms with Crippen LogP contribution in [0.15, 0.2) is 0 Å². The van der Waals surface area contributed by atoms with Gasteiger partial charge in [-0.25, -0.2) is 0 Å². The molecule has 6 nitrogen and oxygen atoms in total. The van der Waals surface area contributed by atoms with Gasteiger partial charge in [0.05, 0.1) is 20.0 Å². The Morgan fingerprint density at radius 1 is 0.524 bits per heavy atom. The van der Waals surface area contributed by atoms with E-state index in [4.69, 9.17) is 4.74 Å². The second-order valence-corrected chi connectivity index (χ2v) is 12.7. The Kier molecular flexibility index (Phi) is 34.2. The van der Waals surface area contributed by atoms with Gasteiger partial charge in [0.15, 0.2) is 0 Å². The number of hydrogen-bond acceptors (Lipinski definition) is 5. The first-order valence-corrected chi connectivity index (χ1v) is 18.7. The zero-order valence-corrected chi connectivity index (χ0v) is 29.0. The zero-order chi connectivity index (χ0) is 30.8. The smallest absolute Gasteiger partial charge is 0.234 e. The van der Waals surface area contributed by atoms with Gasteiger partial charge >= 0.3 is 0 Å². The van der Waals surface area contributed by atoms with Gasteiger partial charge in [0.1, 0.15) is 0 Å². The summed E-state index contributed by atoms with van der Waals surface area (Å²) in [6.45, 7) is 13.9. The van der Waals surface area contributed by atoms with Crippen molar-refractivity contribution >= 4 is 5.91 Å². The fourth-order valence-electron chi connectivity index (χ4n) is 5.68. The normalized spacial score (nSPS) is 12.3. The van der Waals surface area contributed by atoms with Crippen LogP contribution in [0.3, 0.4) is 0 Å². The average Bonchev–Trinajstić information content (AvgIpc) is 2.98. The van der Waals surface area contributed by atoms with Gasteiger partial charge in [-0.05, 0) is 57.5 Å². The van der Waals surface area contributed by atoms with Crippen LogP contribution in [0.1, 0.15) is 175 Å². The highest BCUT2D eigenvalue weighted by Gasteiger charge is 2.12. The highest BCUT2D eigenvalue weighted by atomic mass is 16.5. The molecule has 0 aromatic heterocycles. The SMILES string of the molecule is CCCCCCCC(CCCCC)NC(=O)CNCCCCCCCNCOCNCC(CCCCC)CCCCC. The topological polar surface area (TPSA) is 74.4 Å². The zero-order valence-electron chi connectivity index (χ0n) is 29.0. The third-order valence-electron chi connectivity index (χ3n) is 8.44. The molecule has 0 rings (SSSR count). The van der Waals surface area contributed by atoms with E-state index in [1.54, 1.807) is 0 Å². The van der Waals surface area contributed by atoms with Gasteiger partial charge < -0.3 is 15.4 Å². The number of unbranched alkanes of at least 4 members (excludes halogenated alkanes) is 14. The summed E-state index contributed by atoms with van der Waals surface area (Å²) < 4.78 is 5.74. The monoisotopic (exact) mass is 597 g/mol. The standard InChI is InChI=1S/C36H76N4O2/c1-5-9-13-15-21-27-35(26-20-12-8-4)40-36(41)31-37-28-22-16-14-17-23-29-38-32-42-33-39-30-34(24-18-10-6-2)25-19-11-7-3/h34-35,37-39H,5-33H2,1-4H3,(H,40,41). The number of amides is 1. The molecule has 0 bridgehead atoms. The Bertz CT molecular complexity index is 525. The van der Waals surface area contributed by atoms with Crippen LogP contribution < -0.4 is 21.3 Å². The molecule has 1 unspecified atom stereocenters. The lowest BCUT2D eigenvalue weighted by Gasteiger charge is -2.19. The first-order chi connectivity index (χ1) is 20.7. The summed E-state index contributed by atoms with van der Waals surface area (Å²) in [6.07, 6.45) is 29.3. The second-order valence-electron chi connectivity index (χ2n) is 12.7. The molecule has 4 N–H and O–H groups in total. The molecule has 0 heterocycles. The van der Waals surface area contributed by atoms with Crippen molar-refractivity contribution in [2.75, 3.05) is 39.6 Å². The molecule has 0 radical (unpaired) electrons. The number of nitrogens with one attached hydrogen (secondary N) is 4. The van der Waals surface area contributed by atoms with Crippen LogP contribution >= 0.6 is 0 Å². The lowest BCUT2D eigenvalue weighted by atomic mass is 9.95. The number of ether oxygens (including phenoxy) is 1. The Hall–Kier alpha value is -0.690. The van der Waals surface area contributed by atoms with E-state index >= 15 is 0 Å². The minimum Gasteiger partial charge on any atom is -0.352 e. The van der Waals surface area contributed by atoms with E-state index < -0.39 is 0 Å². The van der Waals surface area contributed by atoms with Crippen molar-refractivity contribution in [1.29, 1.82) is 0 Å². The minimum atomic E-state index is 0.173. The molecular formula is C36H76N4O2. The maximum absolute atomic E-state index is 12.5. The molecule has 0 saturated carbocycles. The van der Waals surface area contributed by atoms with Gasteiger partial charge in [0, 0.05) is 12.6 Å². The van der Waals surface area contributed by atoms with Crippen LogP contribution in [0.25, 0.3) is 0 Å². The van der Waals surface area contributed by atoms with Crippen molar-refractivity contribution in [2.45, 2.75) is 181 Å². The number of carbonyl (C=O) groups is 1. The van der Waals surface area contributed by atoms with E-state index in [0.29, 0.717) is 26.0 Å². The lowest BCUT2D eigenvalue weighted by molar-refractivity contribution is -0.121. The fraction of sp³-hybridized carbons (Fsp3) is 0.972. The molecule has 0 fully saturated rings. The molecule has 0 aliphatic heterocycles. The Morgan fingerprint density at radius 2 is 0.976 bits per heavy atom. The summed E-state index contributed by atoms with van der Waals surface area (Å²) in [5.41, 5.74) is 0. The van der Waals surface area contributed by atoms with Crippen LogP contribution in [-0.4, -0.2) is 51.6 Å². The average molecular weight is 597 g/mol. The van der Waals surface area contributed by atoms with E-state index in [0.717, 1.165) is 44.8 Å². The van der Waals surface area contributed by atoms with Gasteiger partial charge in [-0.1, -0.05) is 137 Å². The van der Waals surface area contributed by atoms with E-state index in [2.05, 4.69) is 49.0 Å². The predicted molar refractivity (Wildman–Crippen MR) is 184 cm³/mol. The molecule has 0 saturated heterocycles. The van der Waals surface area contributed by atoms with Crippen LogP contribution in [-0.2, 0) is 9.53 Å². The van der Waals surface area contributed by atoms with Crippen LogP contribution in [0.4, 0.5) is 0 Å². The minimum absolute atomic E-state index is 0.173. The first kappa shape index (κ1) is 41.3. The number of rotatable bonds is 35. The van der Waals surface area contributed by atoms with Crippen molar-refractivity contribution < 1.29 is 9.53 Å². The van der Waals surface area contributed by atoms with Crippen LogP contribution in [0.5, 0.6) is 0 Å². The van der Waals surface area contributed by atoms with E-state index in [1.807, 2.05) is 0 Å². The molecule has 252 valence electrons. The maximum Gasteiger partial charge on any atom is 0.234 e. The molecule has 0 aliphatic rings. The number of carbonyl (C=O) groups excluding carboxylic acids is 1. The van der Waals surface area contributed by atoms with Crippen molar-refractivity contribution in [2.24, 2.45) is 5.92 Å². The largest absolute Gasteiger partial charge is 0.352 e. The van der Waals surface area contributed by atoms with Crippen molar-refractivity contribution in [1.82, 2.24) is 21.3 Å². The maximum atomic E-state index is 12.5. The third kappa shape index (κ3) is 30.8. The molecule has 0 spiro atoms. The second kappa shape index (κ2) is 34.8. The third-order valence-corrected chi connectivity index (χ3v) is 8.44. The predicted octanol–water partition coefficient (Wildman–Crippen LogP) is 8.84. The van der Waals surface area contributed by atoms with Gasteiger partial charge in [-0.15, -0.1) is 0 Å². The molecule has 42 heavy (non-hydrogen) atoms. The summed E-state index contributed by atoms with van der Waals surface area (Å²) in [4.78, 5) is 12.5. The van der Waals surface area contributed by atoms with E-state index in [9.17, 15) is 4.79 Å². The Morgan fingerprint density at radius 3 is 1.60 bits per heavy atom. The molecule has 0 aliphatic carbocycles. The molecular weight excluding hydrogens is 520 g/mol. The van der Waals surface area contributed by atoms with Crippen molar-refractivity contribution in [3.05, 3.63) is 0 Å².